The maximum atomic E-state index is 5.78. The molecule has 3 nitrogen and oxygen atoms in total. The molecule has 0 saturated heterocycles. The highest BCUT2D eigenvalue weighted by atomic mass is 32.1. The molecular weight excluding hydrogens is 228 g/mol. The average Bonchev–Trinajstić information content (AvgIpc) is 2.14. The van der Waals surface area contributed by atoms with Crippen molar-refractivity contribution in [1.29, 1.82) is 0 Å². The van der Waals surface area contributed by atoms with Crippen molar-refractivity contribution < 1.29 is 13.3 Å². The van der Waals surface area contributed by atoms with E-state index < -0.39 is 8.80 Å². The van der Waals surface area contributed by atoms with Gasteiger partial charge in [-0.3, -0.25) is 0 Å². The molecule has 0 rings (SSSR count). The lowest BCUT2D eigenvalue weighted by Crippen LogP contribution is -2.47. The van der Waals surface area contributed by atoms with Crippen molar-refractivity contribution in [2.75, 3.05) is 13.2 Å². The summed E-state index contributed by atoms with van der Waals surface area (Å²) in [7, 11) is -2.46. The second kappa shape index (κ2) is 8.58. The molecule has 15 heavy (non-hydrogen) atoms. The van der Waals surface area contributed by atoms with Gasteiger partial charge in [0.25, 0.3) is 0 Å². The van der Waals surface area contributed by atoms with E-state index in [2.05, 4.69) is 19.6 Å². The second-order valence-electron chi connectivity index (χ2n) is 3.37. The first-order valence-electron chi connectivity index (χ1n) is 5.74. The van der Waals surface area contributed by atoms with Gasteiger partial charge in [0.05, 0.1) is 5.44 Å². The van der Waals surface area contributed by atoms with Crippen LogP contribution >= 0.6 is 12.6 Å². The summed E-state index contributed by atoms with van der Waals surface area (Å²) in [5.74, 6) is 0. The normalized spacial score (nSPS) is 14.2. The van der Waals surface area contributed by atoms with E-state index in [4.69, 9.17) is 13.3 Å². The van der Waals surface area contributed by atoms with Crippen molar-refractivity contribution in [3.8, 4) is 0 Å². The molecule has 0 aromatic heterocycles. The third-order valence-corrected chi connectivity index (χ3v) is 5.35. The molecule has 0 heterocycles. The molecule has 5 heteroatoms. The van der Waals surface area contributed by atoms with E-state index in [9.17, 15) is 0 Å². The Bertz CT molecular complexity index is 150. The molecule has 0 aliphatic heterocycles. The quantitative estimate of drug-likeness (QED) is 0.388. The second-order valence-corrected chi connectivity index (χ2v) is 6.78. The topological polar surface area (TPSA) is 27.7 Å². The van der Waals surface area contributed by atoms with Crippen molar-refractivity contribution in [1.82, 2.24) is 0 Å². The van der Waals surface area contributed by atoms with Gasteiger partial charge in [0, 0.05) is 19.3 Å². The molecule has 0 bridgehead atoms. The zero-order valence-corrected chi connectivity index (χ0v) is 12.2. The van der Waals surface area contributed by atoms with Gasteiger partial charge in [0.1, 0.15) is 0 Å². The lowest BCUT2D eigenvalue weighted by molar-refractivity contribution is 0.0628. The van der Waals surface area contributed by atoms with Gasteiger partial charge in [0.2, 0.25) is 0 Å². The Labute approximate surface area is 100 Å². The summed E-state index contributed by atoms with van der Waals surface area (Å²) in [5, 5.41) is 0. The highest BCUT2D eigenvalue weighted by Crippen LogP contribution is 2.21. The third kappa shape index (κ3) is 6.58. The summed E-state index contributed by atoms with van der Waals surface area (Å²) >= 11 is 4.25. The number of unbranched alkanes of at least 4 members (excludes halogenated alkanes) is 1. The predicted octanol–water partition coefficient (Wildman–Crippen LogP) is 3.09. The zero-order valence-electron chi connectivity index (χ0n) is 10.3. The molecule has 0 fully saturated rings. The summed E-state index contributed by atoms with van der Waals surface area (Å²) in [4.78, 5) is 0. The molecule has 0 aliphatic carbocycles. The monoisotopic (exact) mass is 252 g/mol. The van der Waals surface area contributed by atoms with Crippen molar-refractivity contribution in [2.45, 2.75) is 52.0 Å². The van der Waals surface area contributed by atoms with Gasteiger partial charge >= 0.3 is 8.80 Å². The van der Waals surface area contributed by atoms with Crippen LogP contribution in [0.25, 0.3) is 0 Å². The fourth-order valence-corrected chi connectivity index (χ4v) is 4.70. The summed E-state index contributed by atoms with van der Waals surface area (Å²) < 4.78 is 17.2. The van der Waals surface area contributed by atoms with Crippen LogP contribution in [0.5, 0.6) is 0 Å². The average molecular weight is 252 g/mol. The number of thiol groups is 1. The van der Waals surface area contributed by atoms with Gasteiger partial charge in [-0.25, -0.2) is 0 Å². The number of rotatable bonds is 9. The Hall–Kier alpha value is 0.447. The maximum absolute atomic E-state index is 5.78. The smallest absolute Gasteiger partial charge is 0.374 e. The van der Waals surface area contributed by atoms with Crippen molar-refractivity contribution in [3.05, 3.63) is 0 Å². The molecule has 0 spiro atoms. The standard InChI is InChI=1S/C10H24O3SSi/c1-5-8-9-15(11-6-2,12-7-3)13-10(4)14/h10,14H,5-9H2,1-4H3. The van der Waals surface area contributed by atoms with Crippen molar-refractivity contribution in [3.63, 3.8) is 0 Å². The summed E-state index contributed by atoms with van der Waals surface area (Å²) in [6.07, 6.45) is 2.20. The van der Waals surface area contributed by atoms with E-state index in [1.165, 1.54) is 0 Å². The van der Waals surface area contributed by atoms with Crippen molar-refractivity contribution in [2.24, 2.45) is 0 Å². The molecule has 0 N–H and O–H groups in total. The van der Waals surface area contributed by atoms with Crippen LogP contribution in [-0.4, -0.2) is 27.5 Å². The molecular formula is C10H24O3SSi. The predicted molar refractivity (Wildman–Crippen MR) is 68.3 cm³/mol. The lowest BCUT2D eigenvalue weighted by atomic mass is 10.4. The molecule has 1 atom stereocenters. The Morgan fingerprint density at radius 1 is 1.13 bits per heavy atom. The Morgan fingerprint density at radius 2 is 1.67 bits per heavy atom. The van der Waals surface area contributed by atoms with Crippen LogP contribution in [0.3, 0.4) is 0 Å². The Kier molecular flexibility index (Phi) is 8.84. The molecule has 0 aliphatic rings. The van der Waals surface area contributed by atoms with Gasteiger partial charge in [0.15, 0.2) is 0 Å². The summed E-state index contributed by atoms with van der Waals surface area (Å²) in [6.45, 7) is 9.27. The summed E-state index contributed by atoms with van der Waals surface area (Å²) in [5.41, 5.74) is -0.133. The molecule has 0 radical (unpaired) electrons. The van der Waals surface area contributed by atoms with Gasteiger partial charge in [-0.1, -0.05) is 13.3 Å². The SMILES string of the molecule is CCCC[Si](OCC)(OCC)OC(C)S. The third-order valence-electron chi connectivity index (χ3n) is 1.92. The van der Waals surface area contributed by atoms with Crippen LogP contribution in [0.15, 0.2) is 0 Å². The zero-order chi connectivity index (χ0) is 11.7. The fraction of sp³-hybridized carbons (Fsp3) is 1.00. The molecule has 1 unspecified atom stereocenters. The number of hydrogen-bond acceptors (Lipinski definition) is 4. The minimum atomic E-state index is -2.46. The van der Waals surface area contributed by atoms with E-state index in [1.807, 2.05) is 20.8 Å². The van der Waals surface area contributed by atoms with Crippen LogP contribution in [0.4, 0.5) is 0 Å². The molecule has 92 valence electrons. The molecule has 0 aromatic carbocycles. The Morgan fingerprint density at radius 3 is 2.00 bits per heavy atom. The van der Waals surface area contributed by atoms with Crippen LogP contribution < -0.4 is 0 Å². The Balaban J connectivity index is 4.40. The summed E-state index contributed by atoms with van der Waals surface area (Å²) in [6, 6.07) is 0.885. The van der Waals surface area contributed by atoms with Crippen LogP contribution in [0, 0.1) is 0 Å². The van der Waals surface area contributed by atoms with Gasteiger partial charge in [-0.2, -0.15) is 0 Å². The first kappa shape index (κ1) is 15.4. The highest BCUT2D eigenvalue weighted by molar-refractivity contribution is 7.80. The first-order chi connectivity index (χ1) is 7.10. The van der Waals surface area contributed by atoms with Crippen LogP contribution in [0.2, 0.25) is 6.04 Å². The first-order valence-corrected chi connectivity index (χ1v) is 8.18. The van der Waals surface area contributed by atoms with Crippen LogP contribution in [0.1, 0.15) is 40.5 Å². The molecule has 0 saturated carbocycles. The van der Waals surface area contributed by atoms with Crippen LogP contribution in [-0.2, 0) is 13.3 Å². The molecule has 0 amide bonds. The van der Waals surface area contributed by atoms with Crippen molar-refractivity contribution >= 4 is 21.4 Å². The van der Waals surface area contributed by atoms with E-state index in [0.29, 0.717) is 13.2 Å². The number of hydrogen-bond donors (Lipinski definition) is 1. The maximum Gasteiger partial charge on any atom is 0.501 e. The van der Waals surface area contributed by atoms with E-state index >= 15 is 0 Å². The van der Waals surface area contributed by atoms with Gasteiger partial charge in [-0.15, -0.1) is 12.6 Å². The van der Waals surface area contributed by atoms with Gasteiger partial charge < -0.3 is 13.3 Å². The fourth-order valence-electron chi connectivity index (χ4n) is 1.41. The van der Waals surface area contributed by atoms with E-state index in [-0.39, 0.29) is 5.44 Å². The minimum Gasteiger partial charge on any atom is -0.374 e. The van der Waals surface area contributed by atoms with Gasteiger partial charge in [-0.05, 0) is 27.2 Å². The molecule has 0 aromatic rings. The lowest BCUT2D eigenvalue weighted by Gasteiger charge is -2.30. The van der Waals surface area contributed by atoms with E-state index in [1.54, 1.807) is 0 Å². The minimum absolute atomic E-state index is 0.133. The van der Waals surface area contributed by atoms with E-state index in [0.717, 1.165) is 18.9 Å². The highest BCUT2D eigenvalue weighted by Gasteiger charge is 2.40. The largest absolute Gasteiger partial charge is 0.501 e.